The summed E-state index contributed by atoms with van der Waals surface area (Å²) in [6.07, 6.45) is 3.13. The number of hydrazine groups is 2. The second kappa shape index (κ2) is 5.82. The van der Waals surface area contributed by atoms with Gasteiger partial charge in [0.15, 0.2) is 0 Å². The first-order chi connectivity index (χ1) is 6.77. The molecule has 0 fully saturated rings. The summed E-state index contributed by atoms with van der Waals surface area (Å²) in [6.45, 7) is 0.703. The fourth-order valence-corrected chi connectivity index (χ4v) is 1.13. The van der Waals surface area contributed by atoms with Crippen molar-refractivity contribution in [2.75, 3.05) is 26.3 Å². The number of hydrogen-bond acceptors (Lipinski definition) is 6. The molecule has 80 valence electrons. The van der Waals surface area contributed by atoms with E-state index in [0.717, 1.165) is 0 Å². The molecule has 7 heteroatoms. The highest BCUT2D eigenvalue weighted by Gasteiger charge is 2.14. The Morgan fingerprint density at radius 3 is 2.57 bits per heavy atom. The Morgan fingerprint density at radius 2 is 2.07 bits per heavy atom. The van der Waals surface area contributed by atoms with E-state index in [-0.39, 0.29) is 13.2 Å². The lowest BCUT2D eigenvalue weighted by atomic mass is 10.6. The number of hydrogen-bond donors (Lipinski definition) is 3. The molecule has 0 saturated heterocycles. The molecule has 0 aliphatic carbocycles. The van der Waals surface area contributed by atoms with Crippen molar-refractivity contribution in [3.05, 3.63) is 11.2 Å². The van der Waals surface area contributed by atoms with Crippen molar-refractivity contribution in [2.24, 2.45) is 5.10 Å². The third-order valence-electron chi connectivity index (χ3n) is 1.59. The molecule has 0 aromatic rings. The van der Waals surface area contributed by atoms with E-state index in [9.17, 15) is 0 Å². The van der Waals surface area contributed by atoms with Crippen molar-refractivity contribution >= 4 is 17.8 Å². The van der Waals surface area contributed by atoms with Crippen LogP contribution >= 0.6 is 11.6 Å². The van der Waals surface area contributed by atoms with Crippen LogP contribution in [-0.2, 0) is 0 Å². The van der Waals surface area contributed by atoms with Gasteiger partial charge in [0.2, 0.25) is 0 Å². The minimum Gasteiger partial charge on any atom is -0.395 e. The summed E-state index contributed by atoms with van der Waals surface area (Å²) in [5, 5.41) is 25.0. The van der Waals surface area contributed by atoms with Gasteiger partial charge in [0, 0.05) is 13.1 Å². The van der Waals surface area contributed by atoms with E-state index in [2.05, 4.69) is 10.5 Å². The first kappa shape index (κ1) is 11.3. The minimum absolute atomic E-state index is 0.0188. The van der Waals surface area contributed by atoms with Crippen LogP contribution in [0.25, 0.3) is 0 Å². The van der Waals surface area contributed by atoms with E-state index >= 15 is 0 Å². The number of hydrazone groups is 1. The number of aliphatic hydroxyl groups excluding tert-OH is 2. The van der Waals surface area contributed by atoms with Gasteiger partial charge >= 0.3 is 0 Å². The predicted octanol–water partition coefficient (Wildman–Crippen LogP) is -0.926. The van der Waals surface area contributed by atoms with Crippen LogP contribution in [0.15, 0.2) is 16.3 Å². The molecule has 0 saturated carbocycles. The maximum Gasteiger partial charge on any atom is 0.125 e. The van der Waals surface area contributed by atoms with Crippen LogP contribution in [0.5, 0.6) is 0 Å². The summed E-state index contributed by atoms with van der Waals surface area (Å²) >= 11 is 5.72. The first-order valence-electron chi connectivity index (χ1n) is 4.21. The number of rotatable bonds is 5. The lowest BCUT2D eigenvalue weighted by molar-refractivity contribution is -0.0735. The minimum atomic E-state index is -0.0188. The number of nitrogens with one attached hydrogen (secondary N) is 1. The second-order valence-electron chi connectivity index (χ2n) is 2.58. The lowest BCUT2D eigenvalue weighted by Crippen LogP contribution is -2.49. The van der Waals surface area contributed by atoms with Crippen molar-refractivity contribution in [1.29, 1.82) is 0 Å². The highest BCUT2D eigenvalue weighted by Crippen LogP contribution is 2.05. The molecule has 0 aromatic carbocycles. The van der Waals surface area contributed by atoms with E-state index in [1.165, 1.54) is 11.4 Å². The molecule has 6 nitrogen and oxygen atoms in total. The quantitative estimate of drug-likeness (QED) is 0.523. The second-order valence-corrected chi connectivity index (χ2v) is 2.99. The third kappa shape index (κ3) is 3.15. The highest BCUT2D eigenvalue weighted by atomic mass is 35.5. The summed E-state index contributed by atoms with van der Waals surface area (Å²) in [5.74, 6) is 0. The predicted molar refractivity (Wildman–Crippen MR) is 53.1 cm³/mol. The van der Waals surface area contributed by atoms with E-state index in [0.29, 0.717) is 18.2 Å². The maximum absolute atomic E-state index is 8.78. The number of halogens is 1. The van der Waals surface area contributed by atoms with Crippen molar-refractivity contribution in [3.63, 3.8) is 0 Å². The smallest absolute Gasteiger partial charge is 0.125 e. The van der Waals surface area contributed by atoms with E-state index < -0.39 is 0 Å². The number of nitrogens with zero attached hydrogens (tertiary/aromatic N) is 3. The molecule has 0 spiro atoms. The molecule has 1 rings (SSSR count). The first-order valence-corrected chi connectivity index (χ1v) is 4.59. The van der Waals surface area contributed by atoms with Gasteiger partial charge in [-0.25, -0.2) is 0 Å². The van der Waals surface area contributed by atoms with Crippen LogP contribution in [0.4, 0.5) is 0 Å². The van der Waals surface area contributed by atoms with Gasteiger partial charge in [0.1, 0.15) is 5.16 Å². The van der Waals surface area contributed by atoms with Gasteiger partial charge in [0.25, 0.3) is 0 Å². The summed E-state index contributed by atoms with van der Waals surface area (Å²) in [4.78, 5) is 0. The molecule has 0 unspecified atom stereocenters. The van der Waals surface area contributed by atoms with Crippen molar-refractivity contribution in [3.8, 4) is 0 Å². The summed E-state index contributed by atoms with van der Waals surface area (Å²) in [5.41, 5.74) is 2.75. The van der Waals surface area contributed by atoms with E-state index in [1.807, 2.05) is 0 Å². The third-order valence-corrected chi connectivity index (χ3v) is 1.80. The van der Waals surface area contributed by atoms with Gasteiger partial charge in [-0.1, -0.05) is 11.6 Å². The lowest BCUT2D eigenvalue weighted by Gasteiger charge is -2.32. The van der Waals surface area contributed by atoms with Gasteiger partial charge in [-0.2, -0.15) is 5.01 Å². The van der Waals surface area contributed by atoms with E-state index in [4.69, 9.17) is 21.8 Å². The van der Waals surface area contributed by atoms with Crippen molar-refractivity contribution < 1.29 is 10.2 Å². The Morgan fingerprint density at radius 1 is 1.43 bits per heavy atom. The molecular formula is C7H13ClN4O2. The van der Waals surface area contributed by atoms with Gasteiger partial charge in [-0.15, -0.1) is 10.3 Å². The molecule has 1 heterocycles. The Bertz CT molecular complexity index is 228. The molecule has 1 aliphatic rings. The monoisotopic (exact) mass is 220 g/mol. The maximum atomic E-state index is 8.78. The highest BCUT2D eigenvalue weighted by molar-refractivity contribution is 6.30. The fourth-order valence-electron chi connectivity index (χ4n) is 0.999. The summed E-state index contributed by atoms with van der Waals surface area (Å²) in [7, 11) is 0. The molecular weight excluding hydrogens is 208 g/mol. The molecule has 0 aromatic heterocycles. The molecule has 0 bridgehead atoms. The number of aliphatic hydroxyl groups is 2. The average molecular weight is 221 g/mol. The fraction of sp³-hybridized carbons (Fsp3) is 0.571. The van der Waals surface area contributed by atoms with Crippen LogP contribution in [0.3, 0.4) is 0 Å². The summed E-state index contributed by atoms with van der Waals surface area (Å²) < 4.78 is 0. The normalized spacial score (nSPS) is 15.7. The zero-order valence-corrected chi connectivity index (χ0v) is 8.35. The van der Waals surface area contributed by atoms with Gasteiger partial charge in [-0.3, -0.25) is 5.43 Å². The SMILES string of the molecule is OCCN(CCO)N1N=CC=C(Cl)N1. The zero-order valence-electron chi connectivity index (χ0n) is 7.60. The standard InChI is InChI=1S/C7H13ClN4O2/c8-7-1-2-9-12(10-7)11(3-5-13)4-6-14/h1-2,10,13-14H,3-6H2. The van der Waals surface area contributed by atoms with Gasteiger partial charge in [0.05, 0.1) is 19.4 Å². The summed E-state index contributed by atoms with van der Waals surface area (Å²) in [6, 6.07) is 0. The molecule has 1 aliphatic heterocycles. The zero-order chi connectivity index (χ0) is 10.4. The Kier molecular flexibility index (Phi) is 4.68. The number of allylic oxidation sites excluding steroid dienone is 1. The van der Waals surface area contributed by atoms with Crippen LogP contribution in [0.1, 0.15) is 0 Å². The molecule has 0 amide bonds. The molecule has 3 N–H and O–H groups in total. The molecule has 0 radical (unpaired) electrons. The van der Waals surface area contributed by atoms with Crippen LogP contribution in [-0.4, -0.2) is 53.0 Å². The van der Waals surface area contributed by atoms with Crippen molar-refractivity contribution in [1.82, 2.24) is 15.7 Å². The van der Waals surface area contributed by atoms with Crippen LogP contribution in [0.2, 0.25) is 0 Å². The van der Waals surface area contributed by atoms with Crippen LogP contribution < -0.4 is 5.43 Å². The topological polar surface area (TPSA) is 71.3 Å². The Hall–Kier alpha value is -0.820. The molecule has 0 atom stereocenters. The van der Waals surface area contributed by atoms with Crippen molar-refractivity contribution in [2.45, 2.75) is 0 Å². The molecule has 14 heavy (non-hydrogen) atoms. The average Bonchev–Trinajstić information content (AvgIpc) is 2.17. The van der Waals surface area contributed by atoms with Gasteiger partial charge in [-0.05, 0) is 6.08 Å². The van der Waals surface area contributed by atoms with E-state index in [1.54, 1.807) is 11.1 Å². The largest absolute Gasteiger partial charge is 0.395 e. The van der Waals surface area contributed by atoms with Crippen LogP contribution in [0, 0.1) is 0 Å². The Balaban J connectivity index is 2.51. The Labute approximate surface area is 87.0 Å². The van der Waals surface area contributed by atoms with Gasteiger partial charge < -0.3 is 10.2 Å².